The van der Waals surface area contributed by atoms with E-state index in [-0.39, 0.29) is 4.90 Å². The number of nitrogens with one attached hydrogen (secondary N) is 1. The quantitative estimate of drug-likeness (QED) is 0.515. The Balaban J connectivity index is 1.46. The molecule has 7 nitrogen and oxygen atoms in total. The summed E-state index contributed by atoms with van der Waals surface area (Å²) in [4.78, 5) is 4.67. The largest absolute Gasteiger partial charge is 0.317 e. The van der Waals surface area contributed by atoms with Crippen LogP contribution in [0.4, 0.5) is 0 Å². The lowest BCUT2D eigenvalue weighted by molar-refractivity contribution is 0.460. The molecule has 31 heavy (non-hydrogen) atoms. The lowest BCUT2D eigenvalue weighted by Gasteiger charge is -2.23. The monoisotopic (exact) mass is 433 g/mol. The van der Waals surface area contributed by atoms with Crippen LogP contribution in [0.15, 0.2) is 72.0 Å². The fraction of sp³-hybridized carbons (Fsp3) is 0.217. The number of aromatic nitrogens is 3. The fourth-order valence-corrected chi connectivity index (χ4v) is 4.73. The molecule has 1 fully saturated rings. The molecule has 0 saturated carbocycles. The lowest BCUT2D eigenvalue weighted by atomic mass is 9.89. The van der Waals surface area contributed by atoms with E-state index >= 15 is 0 Å². The maximum Gasteiger partial charge on any atom is 0.238 e. The molecule has 1 saturated heterocycles. The number of nitrogens with two attached hydrogens (primary N) is 1. The number of hydrogen-bond acceptors (Lipinski definition) is 5. The fourth-order valence-electron chi connectivity index (χ4n) is 4.17. The van der Waals surface area contributed by atoms with Crippen LogP contribution in [0.1, 0.15) is 24.3 Å². The summed E-state index contributed by atoms with van der Waals surface area (Å²) in [5, 5.41) is 13.1. The second-order valence-corrected chi connectivity index (χ2v) is 9.45. The molecule has 0 radical (unpaired) electrons. The zero-order valence-electron chi connectivity index (χ0n) is 16.9. The summed E-state index contributed by atoms with van der Waals surface area (Å²) in [5.74, 6) is 0.623. The third-order valence-electron chi connectivity index (χ3n) is 5.88. The van der Waals surface area contributed by atoms with Crippen LogP contribution in [0.5, 0.6) is 0 Å². The molecule has 0 bridgehead atoms. The Kier molecular flexibility index (Phi) is 5.05. The number of fused-ring (bicyclic) bond motifs is 1. The minimum absolute atomic E-state index is 0.0646. The van der Waals surface area contributed by atoms with Crippen molar-refractivity contribution in [2.24, 2.45) is 5.14 Å². The Morgan fingerprint density at radius 3 is 2.48 bits per heavy atom. The van der Waals surface area contributed by atoms with E-state index in [1.54, 1.807) is 22.8 Å². The first-order chi connectivity index (χ1) is 15.0. The number of primary sulfonamides is 1. The van der Waals surface area contributed by atoms with Crippen molar-refractivity contribution in [3.05, 3.63) is 72.7 Å². The van der Waals surface area contributed by atoms with E-state index in [4.69, 9.17) is 5.14 Å². The lowest BCUT2D eigenvalue weighted by Crippen LogP contribution is -2.26. The van der Waals surface area contributed by atoms with Crippen LogP contribution in [0.25, 0.3) is 27.9 Å². The van der Waals surface area contributed by atoms with Gasteiger partial charge in [-0.1, -0.05) is 36.4 Å². The summed E-state index contributed by atoms with van der Waals surface area (Å²) in [5.41, 5.74) is 5.54. The predicted octanol–water partition coefficient (Wildman–Crippen LogP) is 3.18. The highest BCUT2D eigenvalue weighted by Crippen LogP contribution is 2.29. The van der Waals surface area contributed by atoms with Crippen molar-refractivity contribution in [2.75, 3.05) is 13.1 Å². The maximum absolute atomic E-state index is 11.7. The summed E-state index contributed by atoms with van der Waals surface area (Å²) in [6.45, 7) is 2.16. The van der Waals surface area contributed by atoms with E-state index in [1.165, 1.54) is 24.5 Å². The van der Waals surface area contributed by atoms with Gasteiger partial charge in [-0.05, 0) is 60.7 Å². The van der Waals surface area contributed by atoms with Gasteiger partial charge in [0, 0.05) is 23.5 Å². The van der Waals surface area contributed by atoms with E-state index in [9.17, 15) is 8.42 Å². The Morgan fingerprint density at radius 1 is 0.968 bits per heavy atom. The highest BCUT2D eigenvalue weighted by Gasteiger charge is 2.16. The zero-order chi connectivity index (χ0) is 21.4. The first kappa shape index (κ1) is 19.9. The highest BCUT2D eigenvalue weighted by molar-refractivity contribution is 7.89. The standard InChI is InChI=1S/C23H23N5O2S/c24-31(29,30)21-3-1-2-19(12-21)22-14-27-28-15-20(13-26-23(22)28)17-6-4-16(5-7-17)18-8-10-25-11-9-18/h1-7,12-15,18,25H,8-11H2,(H2,24,29,30). The number of nitrogens with zero attached hydrogens (tertiary/aromatic N) is 3. The Bertz CT molecular complexity index is 1340. The SMILES string of the molecule is NS(=O)(=O)c1cccc(-c2cnn3cc(-c4ccc(C5CCNCC5)cc4)cnc23)c1. The van der Waals surface area contributed by atoms with Crippen LogP contribution in [0.2, 0.25) is 0 Å². The van der Waals surface area contributed by atoms with Crippen LogP contribution in [0.3, 0.4) is 0 Å². The van der Waals surface area contributed by atoms with Crippen molar-refractivity contribution in [2.45, 2.75) is 23.7 Å². The van der Waals surface area contributed by atoms with Gasteiger partial charge in [0.05, 0.1) is 11.1 Å². The van der Waals surface area contributed by atoms with Gasteiger partial charge in [0.15, 0.2) is 5.65 Å². The minimum Gasteiger partial charge on any atom is -0.317 e. The second kappa shape index (κ2) is 7.88. The molecule has 158 valence electrons. The molecule has 0 unspecified atom stereocenters. The second-order valence-electron chi connectivity index (χ2n) is 7.89. The Labute approximate surface area is 181 Å². The van der Waals surface area contributed by atoms with Gasteiger partial charge in [-0.25, -0.2) is 23.1 Å². The molecule has 5 rings (SSSR count). The molecule has 8 heteroatoms. The van der Waals surface area contributed by atoms with Crippen LogP contribution >= 0.6 is 0 Å². The third kappa shape index (κ3) is 3.97. The van der Waals surface area contributed by atoms with E-state index in [2.05, 4.69) is 39.7 Å². The Hall–Kier alpha value is -3.07. The topological polar surface area (TPSA) is 102 Å². The van der Waals surface area contributed by atoms with E-state index < -0.39 is 10.0 Å². The van der Waals surface area contributed by atoms with Gasteiger partial charge < -0.3 is 5.32 Å². The van der Waals surface area contributed by atoms with Crippen molar-refractivity contribution >= 4 is 15.7 Å². The summed E-state index contributed by atoms with van der Waals surface area (Å²) in [6, 6.07) is 15.2. The predicted molar refractivity (Wildman–Crippen MR) is 120 cm³/mol. The molecule has 0 spiro atoms. The molecule has 2 aromatic carbocycles. The third-order valence-corrected chi connectivity index (χ3v) is 6.80. The van der Waals surface area contributed by atoms with Crippen LogP contribution in [0, 0.1) is 0 Å². The molecule has 0 aliphatic carbocycles. The van der Waals surface area contributed by atoms with Crippen molar-refractivity contribution in [3.8, 4) is 22.3 Å². The molecule has 1 aliphatic rings. The van der Waals surface area contributed by atoms with E-state index in [1.807, 2.05) is 18.5 Å². The number of sulfonamides is 1. The van der Waals surface area contributed by atoms with Crippen LogP contribution in [-0.2, 0) is 10.0 Å². The molecule has 3 N–H and O–H groups in total. The van der Waals surface area contributed by atoms with Crippen molar-refractivity contribution in [1.29, 1.82) is 0 Å². The molecule has 4 aromatic rings. The van der Waals surface area contributed by atoms with Gasteiger partial charge >= 0.3 is 0 Å². The molecule has 1 aliphatic heterocycles. The van der Waals surface area contributed by atoms with Gasteiger partial charge in [-0.3, -0.25) is 0 Å². The van der Waals surface area contributed by atoms with Crippen LogP contribution in [-0.4, -0.2) is 36.1 Å². The number of piperidine rings is 1. The van der Waals surface area contributed by atoms with Gasteiger partial charge in [0.25, 0.3) is 0 Å². The Morgan fingerprint density at radius 2 is 1.74 bits per heavy atom. The van der Waals surface area contributed by atoms with Crippen molar-refractivity contribution < 1.29 is 8.42 Å². The zero-order valence-corrected chi connectivity index (χ0v) is 17.7. The molecule has 2 aromatic heterocycles. The van der Waals surface area contributed by atoms with Gasteiger partial charge in [-0.2, -0.15) is 5.10 Å². The van der Waals surface area contributed by atoms with Crippen molar-refractivity contribution in [1.82, 2.24) is 19.9 Å². The number of rotatable bonds is 4. The summed E-state index contributed by atoms with van der Waals surface area (Å²) >= 11 is 0. The molecular formula is C23H23N5O2S. The van der Waals surface area contributed by atoms with E-state index in [0.29, 0.717) is 17.1 Å². The first-order valence-corrected chi connectivity index (χ1v) is 11.8. The average molecular weight is 434 g/mol. The van der Waals surface area contributed by atoms with Gasteiger partial charge in [-0.15, -0.1) is 0 Å². The normalized spacial score (nSPS) is 15.4. The molecule has 3 heterocycles. The summed E-state index contributed by atoms with van der Waals surface area (Å²) in [7, 11) is -3.78. The highest BCUT2D eigenvalue weighted by atomic mass is 32.2. The molecule has 0 amide bonds. The summed E-state index contributed by atoms with van der Waals surface area (Å²) in [6.07, 6.45) is 7.80. The first-order valence-electron chi connectivity index (χ1n) is 10.3. The maximum atomic E-state index is 11.7. The minimum atomic E-state index is -3.78. The summed E-state index contributed by atoms with van der Waals surface area (Å²) < 4.78 is 25.1. The van der Waals surface area contributed by atoms with Crippen LogP contribution < -0.4 is 10.5 Å². The number of hydrogen-bond donors (Lipinski definition) is 2. The van der Waals surface area contributed by atoms with Gasteiger partial charge in [0.2, 0.25) is 10.0 Å². The van der Waals surface area contributed by atoms with E-state index in [0.717, 1.165) is 29.8 Å². The number of benzene rings is 2. The molecule has 0 atom stereocenters. The average Bonchev–Trinajstić information content (AvgIpc) is 3.23. The van der Waals surface area contributed by atoms with Crippen molar-refractivity contribution in [3.63, 3.8) is 0 Å². The van der Waals surface area contributed by atoms with Gasteiger partial charge in [0.1, 0.15) is 0 Å². The molecular weight excluding hydrogens is 410 g/mol. The smallest absolute Gasteiger partial charge is 0.238 e.